The lowest BCUT2D eigenvalue weighted by molar-refractivity contribution is -0.133. The number of esters is 1. The van der Waals surface area contributed by atoms with Gasteiger partial charge in [-0.1, -0.05) is 12.1 Å². The molecule has 2 bridgehead atoms. The number of carbonyl (C=O) groups excluding carboxylic acids is 3. The van der Waals surface area contributed by atoms with Crippen molar-refractivity contribution in [1.82, 2.24) is 24.3 Å². The number of rotatable bonds is 5. The number of imidazole rings is 1. The van der Waals surface area contributed by atoms with Gasteiger partial charge in [0, 0.05) is 63.1 Å². The number of carboxylic acid groups (broad SMARTS) is 1. The fraction of sp³-hybridized carbons (Fsp3) is 0.314. The largest absolute Gasteiger partial charge is 0.494 e. The van der Waals surface area contributed by atoms with E-state index in [0.717, 1.165) is 11.4 Å². The third kappa shape index (κ3) is 10.6. The highest BCUT2D eigenvalue weighted by molar-refractivity contribution is 5.97. The second-order valence-corrected chi connectivity index (χ2v) is 10.9. The molecule has 3 heterocycles. The Balaban J connectivity index is 0.00000174. The number of benzene rings is 2. The summed E-state index contributed by atoms with van der Waals surface area (Å²) in [7, 11) is 1.28. The van der Waals surface area contributed by atoms with Crippen LogP contribution in [0.25, 0.3) is 11.4 Å². The third-order valence-corrected chi connectivity index (χ3v) is 7.59. The maximum Gasteiger partial charge on any atom is 0.339 e. The number of aromatic nitrogens is 3. The molecule has 0 radical (unpaired) electrons. The van der Waals surface area contributed by atoms with Crippen LogP contribution in [-0.2, 0) is 20.9 Å². The Hall–Kier alpha value is -5.79. The van der Waals surface area contributed by atoms with E-state index in [-0.39, 0.29) is 41.8 Å². The predicted octanol–water partition coefficient (Wildman–Crippen LogP) is 4.18. The predicted molar refractivity (Wildman–Crippen MR) is 176 cm³/mol. The van der Waals surface area contributed by atoms with Crippen LogP contribution in [0.1, 0.15) is 40.0 Å². The van der Waals surface area contributed by atoms with E-state index in [1.807, 2.05) is 35.0 Å². The Morgan fingerprint density at radius 3 is 2.41 bits per heavy atom. The summed E-state index contributed by atoms with van der Waals surface area (Å²) in [6.07, 6.45) is 8.24. The quantitative estimate of drug-likeness (QED) is 0.241. The SMILES string of the molecule is COC(=O)c1cncc(C(=O)N2CCCCN(C(=O)COc3ccc(F)cc3)CCCOc3cccc(c3)-c3nccn3CC2)c1.O=CO. The van der Waals surface area contributed by atoms with Crippen LogP contribution in [0.2, 0.25) is 0 Å². The summed E-state index contributed by atoms with van der Waals surface area (Å²) in [5, 5.41) is 6.89. The lowest BCUT2D eigenvalue weighted by Crippen LogP contribution is -2.38. The highest BCUT2D eigenvalue weighted by atomic mass is 19.1. The van der Waals surface area contributed by atoms with Gasteiger partial charge in [0.1, 0.15) is 23.1 Å². The van der Waals surface area contributed by atoms with Crippen LogP contribution >= 0.6 is 0 Å². The summed E-state index contributed by atoms with van der Waals surface area (Å²) >= 11 is 0. The van der Waals surface area contributed by atoms with Gasteiger partial charge in [0.15, 0.2) is 6.61 Å². The number of halogens is 1. The number of hydrogen-bond donors (Lipinski definition) is 1. The molecule has 0 unspecified atom stereocenters. The van der Waals surface area contributed by atoms with E-state index in [1.165, 1.54) is 49.8 Å². The number of pyridine rings is 1. The summed E-state index contributed by atoms with van der Waals surface area (Å²) < 4.78 is 31.7. The number of hydrogen-bond acceptors (Lipinski definition) is 9. The topological polar surface area (TPSA) is 153 Å². The Morgan fingerprint density at radius 1 is 0.939 bits per heavy atom. The van der Waals surface area contributed by atoms with Crippen LogP contribution in [0.15, 0.2) is 79.4 Å². The van der Waals surface area contributed by atoms with E-state index in [4.69, 9.17) is 24.1 Å². The van der Waals surface area contributed by atoms with Crippen LogP contribution in [0.4, 0.5) is 4.39 Å². The van der Waals surface area contributed by atoms with Gasteiger partial charge < -0.3 is 33.7 Å². The van der Waals surface area contributed by atoms with Gasteiger partial charge in [-0.2, -0.15) is 0 Å². The molecule has 0 aliphatic carbocycles. The molecule has 1 N–H and O–H groups in total. The normalized spacial score (nSPS) is 13.8. The summed E-state index contributed by atoms with van der Waals surface area (Å²) in [5.74, 6) is 0.406. The standard InChI is InChI=1S/C34H36FN5O6.CH2O2/c1-44-34(43)27-20-26(22-36-23-27)33(42)40-14-3-2-13-38(31(41)24-46-29-10-8-28(35)9-11-29)15-5-19-45-30-7-4-6-25(21-30)32-37-12-16-39(32)17-18-40;2-1-3/h4,6-12,16,20-23H,2-3,5,13-15,17-19,24H2,1H3;1H,(H,2,3). The van der Waals surface area contributed by atoms with E-state index in [2.05, 4.69) is 9.97 Å². The number of nitrogens with zero attached hydrogens (tertiary/aromatic N) is 5. The minimum absolute atomic E-state index is 0.186. The van der Waals surface area contributed by atoms with Crippen molar-refractivity contribution < 1.29 is 42.9 Å². The molecule has 258 valence electrons. The van der Waals surface area contributed by atoms with Gasteiger partial charge in [-0.05, 0) is 61.7 Å². The van der Waals surface area contributed by atoms with Crippen LogP contribution in [0.5, 0.6) is 11.5 Å². The summed E-state index contributed by atoms with van der Waals surface area (Å²) in [6, 6.07) is 14.7. The molecule has 5 rings (SSSR count). The Morgan fingerprint density at radius 2 is 1.65 bits per heavy atom. The van der Waals surface area contributed by atoms with Crippen molar-refractivity contribution in [2.75, 3.05) is 46.5 Å². The number of ether oxygens (including phenoxy) is 3. The molecule has 49 heavy (non-hydrogen) atoms. The molecule has 0 atom stereocenters. The first kappa shape index (κ1) is 36.1. The van der Waals surface area contributed by atoms with Gasteiger partial charge in [-0.15, -0.1) is 0 Å². The van der Waals surface area contributed by atoms with Crippen LogP contribution in [-0.4, -0.2) is 100 Å². The lowest BCUT2D eigenvalue weighted by Gasteiger charge is -2.25. The van der Waals surface area contributed by atoms with Crippen molar-refractivity contribution in [3.8, 4) is 22.9 Å². The highest BCUT2D eigenvalue weighted by Crippen LogP contribution is 2.23. The molecule has 1 aliphatic heterocycles. The van der Waals surface area contributed by atoms with Gasteiger partial charge in [-0.25, -0.2) is 14.2 Å². The van der Waals surface area contributed by atoms with E-state index in [1.54, 1.807) is 16.0 Å². The molecule has 13 nitrogen and oxygen atoms in total. The second-order valence-electron chi connectivity index (χ2n) is 10.9. The van der Waals surface area contributed by atoms with Crippen molar-refractivity contribution in [2.45, 2.75) is 25.8 Å². The van der Waals surface area contributed by atoms with Gasteiger partial charge in [0.05, 0.1) is 24.8 Å². The maximum absolute atomic E-state index is 13.7. The van der Waals surface area contributed by atoms with Crippen molar-refractivity contribution in [3.05, 3.63) is 96.3 Å². The van der Waals surface area contributed by atoms with E-state index < -0.39 is 5.97 Å². The maximum atomic E-state index is 13.7. The molecule has 2 amide bonds. The van der Waals surface area contributed by atoms with Crippen LogP contribution < -0.4 is 9.47 Å². The van der Waals surface area contributed by atoms with E-state index in [9.17, 15) is 18.8 Å². The summed E-state index contributed by atoms with van der Waals surface area (Å²) in [5.41, 5.74) is 1.34. The molecule has 0 spiro atoms. The smallest absolute Gasteiger partial charge is 0.339 e. The molecule has 0 saturated carbocycles. The molecular weight excluding hydrogens is 637 g/mol. The lowest BCUT2D eigenvalue weighted by atomic mass is 10.1. The molecule has 0 saturated heterocycles. The fourth-order valence-corrected chi connectivity index (χ4v) is 5.17. The molecule has 2 aromatic carbocycles. The second kappa shape index (κ2) is 18.5. The molecule has 0 fully saturated rings. The monoisotopic (exact) mass is 675 g/mol. The number of methoxy groups -OCH3 is 1. The zero-order chi connectivity index (χ0) is 35.0. The van der Waals surface area contributed by atoms with Gasteiger partial charge >= 0.3 is 5.97 Å². The first-order chi connectivity index (χ1) is 23.8. The number of amides is 2. The van der Waals surface area contributed by atoms with Crippen molar-refractivity contribution in [1.29, 1.82) is 0 Å². The van der Waals surface area contributed by atoms with Crippen LogP contribution in [0, 0.1) is 5.82 Å². The van der Waals surface area contributed by atoms with Gasteiger partial charge in [0.25, 0.3) is 18.3 Å². The molecule has 2 aromatic heterocycles. The fourth-order valence-electron chi connectivity index (χ4n) is 5.17. The summed E-state index contributed by atoms with van der Waals surface area (Å²) in [4.78, 5) is 59.5. The molecule has 14 heteroatoms. The number of carbonyl (C=O) groups is 4. The average molecular weight is 676 g/mol. The Labute approximate surface area is 282 Å². The zero-order valence-electron chi connectivity index (χ0n) is 27.1. The highest BCUT2D eigenvalue weighted by Gasteiger charge is 2.20. The van der Waals surface area contributed by atoms with Crippen molar-refractivity contribution in [2.24, 2.45) is 0 Å². The third-order valence-electron chi connectivity index (χ3n) is 7.59. The summed E-state index contributed by atoms with van der Waals surface area (Å²) in [6.45, 7) is 2.13. The van der Waals surface area contributed by atoms with E-state index >= 15 is 0 Å². The number of fused-ring (bicyclic) bond motifs is 4. The first-order valence-corrected chi connectivity index (χ1v) is 15.6. The Bertz CT molecular complexity index is 1700. The van der Waals surface area contributed by atoms with Crippen LogP contribution in [0.3, 0.4) is 0 Å². The average Bonchev–Trinajstić information content (AvgIpc) is 3.60. The molecular formula is C35H38FN5O8. The van der Waals surface area contributed by atoms with Crippen molar-refractivity contribution >= 4 is 24.3 Å². The first-order valence-electron chi connectivity index (χ1n) is 15.6. The molecule has 4 aromatic rings. The zero-order valence-corrected chi connectivity index (χ0v) is 27.1. The minimum Gasteiger partial charge on any atom is -0.494 e. The minimum atomic E-state index is -0.575. The van der Waals surface area contributed by atoms with Crippen molar-refractivity contribution in [3.63, 3.8) is 0 Å². The Kier molecular flexibility index (Phi) is 13.6. The van der Waals surface area contributed by atoms with Gasteiger partial charge in [0.2, 0.25) is 0 Å². The van der Waals surface area contributed by atoms with E-state index in [0.29, 0.717) is 70.1 Å². The van der Waals surface area contributed by atoms with Gasteiger partial charge in [-0.3, -0.25) is 19.4 Å². The molecule has 1 aliphatic rings.